The van der Waals surface area contributed by atoms with E-state index in [0.29, 0.717) is 22.3 Å². The summed E-state index contributed by atoms with van der Waals surface area (Å²) in [6, 6.07) is 3.75. The summed E-state index contributed by atoms with van der Waals surface area (Å²) in [7, 11) is 0. The minimum Gasteiger partial charge on any atom is -0.490 e. The van der Waals surface area contributed by atoms with E-state index in [-0.39, 0.29) is 6.10 Å². The molecule has 19 heavy (non-hydrogen) atoms. The quantitative estimate of drug-likeness (QED) is 0.641. The molecule has 1 aromatic carbocycles. The van der Waals surface area contributed by atoms with Crippen molar-refractivity contribution in [2.45, 2.75) is 25.9 Å². The lowest BCUT2D eigenvalue weighted by molar-refractivity contribution is -0.0495. The molecule has 0 amide bonds. The standard InChI is InChI=1S/C15H18N2O2/c1-10-2-3-14(12(6-16)13(10)7-18)19-11-4-15(5-11)8-17-9-15/h2-3,6-7,11,16-17H,4-5,8-9H2,1H3. The molecule has 0 bridgehead atoms. The molecule has 1 aromatic rings. The topological polar surface area (TPSA) is 62.2 Å². The summed E-state index contributed by atoms with van der Waals surface area (Å²) in [6.45, 7) is 4.06. The molecule has 100 valence electrons. The Balaban J connectivity index is 1.77. The van der Waals surface area contributed by atoms with E-state index >= 15 is 0 Å². The summed E-state index contributed by atoms with van der Waals surface area (Å²) in [5.74, 6) is 0.662. The van der Waals surface area contributed by atoms with Gasteiger partial charge in [0, 0.05) is 35.8 Å². The molecule has 0 atom stereocenters. The lowest BCUT2D eigenvalue weighted by Crippen LogP contribution is -2.62. The highest BCUT2D eigenvalue weighted by molar-refractivity contribution is 5.95. The lowest BCUT2D eigenvalue weighted by atomic mass is 9.63. The smallest absolute Gasteiger partial charge is 0.151 e. The number of aryl methyl sites for hydroxylation is 1. The van der Waals surface area contributed by atoms with Gasteiger partial charge in [-0.2, -0.15) is 0 Å². The number of aldehydes is 1. The summed E-state index contributed by atoms with van der Waals surface area (Å²) in [5.41, 5.74) is 2.51. The van der Waals surface area contributed by atoms with E-state index in [2.05, 4.69) is 5.32 Å². The fourth-order valence-corrected chi connectivity index (χ4v) is 3.07. The van der Waals surface area contributed by atoms with Gasteiger partial charge < -0.3 is 15.5 Å². The number of carbonyl (C=O) groups excluding carboxylic acids is 1. The van der Waals surface area contributed by atoms with Gasteiger partial charge in [0.05, 0.1) is 6.10 Å². The van der Waals surface area contributed by atoms with Crippen LogP contribution in [-0.2, 0) is 0 Å². The van der Waals surface area contributed by atoms with Crippen LogP contribution in [0.1, 0.15) is 34.3 Å². The van der Waals surface area contributed by atoms with Crippen molar-refractivity contribution in [2.24, 2.45) is 5.41 Å². The van der Waals surface area contributed by atoms with Crippen LogP contribution in [0.25, 0.3) is 0 Å². The van der Waals surface area contributed by atoms with Crippen LogP contribution in [0.15, 0.2) is 12.1 Å². The van der Waals surface area contributed by atoms with Crippen LogP contribution < -0.4 is 10.1 Å². The van der Waals surface area contributed by atoms with Gasteiger partial charge in [0.25, 0.3) is 0 Å². The first kappa shape index (κ1) is 12.4. The zero-order valence-corrected chi connectivity index (χ0v) is 11.0. The average Bonchev–Trinajstić information content (AvgIpc) is 2.31. The molecular formula is C15H18N2O2. The largest absolute Gasteiger partial charge is 0.490 e. The van der Waals surface area contributed by atoms with Crippen molar-refractivity contribution in [3.8, 4) is 5.75 Å². The molecule has 1 spiro atoms. The maximum Gasteiger partial charge on any atom is 0.151 e. The Kier molecular flexibility index (Phi) is 2.90. The monoisotopic (exact) mass is 258 g/mol. The highest BCUT2D eigenvalue weighted by Crippen LogP contribution is 2.46. The fraction of sp³-hybridized carbons (Fsp3) is 0.467. The van der Waals surface area contributed by atoms with Gasteiger partial charge in [-0.3, -0.25) is 4.79 Å². The second-order valence-corrected chi connectivity index (χ2v) is 5.72. The van der Waals surface area contributed by atoms with Crippen LogP contribution >= 0.6 is 0 Å². The molecular weight excluding hydrogens is 240 g/mol. The third kappa shape index (κ3) is 1.96. The summed E-state index contributed by atoms with van der Waals surface area (Å²) >= 11 is 0. The minimum absolute atomic E-state index is 0.225. The lowest BCUT2D eigenvalue weighted by Gasteiger charge is -2.53. The van der Waals surface area contributed by atoms with Crippen molar-refractivity contribution in [3.05, 3.63) is 28.8 Å². The maximum atomic E-state index is 11.1. The predicted octanol–water partition coefficient (Wildman–Crippen LogP) is 1.94. The molecule has 3 rings (SSSR count). The van der Waals surface area contributed by atoms with Crippen LogP contribution in [0.5, 0.6) is 5.75 Å². The van der Waals surface area contributed by atoms with Crippen molar-refractivity contribution >= 4 is 12.5 Å². The number of carbonyl (C=O) groups is 1. The van der Waals surface area contributed by atoms with Gasteiger partial charge >= 0.3 is 0 Å². The molecule has 0 radical (unpaired) electrons. The molecule has 2 N–H and O–H groups in total. The maximum absolute atomic E-state index is 11.1. The highest BCUT2D eigenvalue weighted by atomic mass is 16.5. The van der Waals surface area contributed by atoms with E-state index in [1.165, 1.54) is 6.21 Å². The number of ether oxygens (including phenoxy) is 1. The molecule has 4 nitrogen and oxygen atoms in total. The van der Waals surface area contributed by atoms with Crippen molar-refractivity contribution in [2.75, 3.05) is 13.1 Å². The second kappa shape index (κ2) is 4.46. The summed E-state index contributed by atoms with van der Waals surface area (Å²) in [5, 5.41) is 10.8. The van der Waals surface area contributed by atoms with Crippen molar-refractivity contribution in [1.82, 2.24) is 5.32 Å². The van der Waals surface area contributed by atoms with Gasteiger partial charge in [0.15, 0.2) is 6.29 Å². The highest BCUT2D eigenvalue weighted by Gasteiger charge is 2.49. The van der Waals surface area contributed by atoms with Crippen LogP contribution in [0.3, 0.4) is 0 Å². The van der Waals surface area contributed by atoms with Crippen LogP contribution in [0, 0.1) is 17.7 Å². The van der Waals surface area contributed by atoms with Gasteiger partial charge in [-0.15, -0.1) is 0 Å². The molecule has 1 heterocycles. The van der Waals surface area contributed by atoms with Gasteiger partial charge in [0.1, 0.15) is 5.75 Å². The van der Waals surface area contributed by atoms with Crippen molar-refractivity contribution < 1.29 is 9.53 Å². The molecule has 2 fully saturated rings. The zero-order chi connectivity index (χ0) is 13.5. The van der Waals surface area contributed by atoms with E-state index in [0.717, 1.165) is 37.8 Å². The van der Waals surface area contributed by atoms with Gasteiger partial charge in [-0.25, -0.2) is 0 Å². The van der Waals surface area contributed by atoms with Crippen LogP contribution in [0.2, 0.25) is 0 Å². The van der Waals surface area contributed by atoms with E-state index in [9.17, 15) is 4.79 Å². The van der Waals surface area contributed by atoms with Crippen LogP contribution in [-0.4, -0.2) is 31.7 Å². The molecule has 1 aliphatic heterocycles. The first-order chi connectivity index (χ1) is 9.17. The normalized spacial score (nSPS) is 20.5. The molecule has 1 aliphatic carbocycles. The number of hydrogen-bond donors (Lipinski definition) is 2. The summed E-state index contributed by atoms with van der Waals surface area (Å²) in [4.78, 5) is 11.1. The molecule has 2 aliphatic rings. The van der Waals surface area contributed by atoms with Gasteiger partial charge in [-0.1, -0.05) is 6.07 Å². The fourth-order valence-electron chi connectivity index (χ4n) is 3.07. The first-order valence-electron chi connectivity index (χ1n) is 6.64. The Morgan fingerprint density at radius 3 is 2.63 bits per heavy atom. The number of benzene rings is 1. The molecule has 1 saturated heterocycles. The Bertz CT molecular complexity index is 527. The molecule has 0 unspecified atom stereocenters. The SMILES string of the molecule is Cc1ccc(OC2CC3(CNC3)C2)c(C=N)c1C=O. The van der Waals surface area contributed by atoms with Gasteiger partial charge in [0.2, 0.25) is 0 Å². The third-order valence-corrected chi connectivity index (χ3v) is 4.34. The van der Waals surface area contributed by atoms with E-state index in [4.69, 9.17) is 10.1 Å². The summed E-state index contributed by atoms with van der Waals surface area (Å²) < 4.78 is 5.96. The number of hydrogen-bond acceptors (Lipinski definition) is 4. The predicted molar refractivity (Wildman–Crippen MR) is 73.4 cm³/mol. The third-order valence-electron chi connectivity index (χ3n) is 4.34. The Hall–Kier alpha value is -1.68. The Morgan fingerprint density at radius 1 is 1.37 bits per heavy atom. The average molecular weight is 258 g/mol. The van der Waals surface area contributed by atoms with Crippen LogP contribution in [0.4, 0.5) is 0 Å². The minimum atomic E-state index is 0.225. The van der Waals surface area contributed by atoms with Gasteiger partial charge in [-0.05, 0) is 31.4 Å². The molecule has 1 saturated carbocycles. The van der Waals surface area contributed by atoms with E-state index in [1.54, 1.807) is 0 Å². The molecule has 4 heteroatoms. The number of nitrogens with one attached hydrogen (secondary N) is 2. The Labute approximate surface area is 112 Å². The number of rotatable bonds is 4. The molecule has 0 aromatic heterocycles. The van der Waals surface area contributed by atoms with E-state index in [1.807, 2.05) is 19.1 Å². The van der Waals surface area contributed by atoms with Crippen molar-refractivity contribution in [3.63, 3.8) is 0 Å². The second-order valence-electron chi connectivity index (χ2n) is 5.72. The Morgan fingerprint density at radius 2 is 2.11 bits per heavy atom. The van der Waals surface area contributed by atoms with Crippen molar-refractivity contribution in [1.29, 1.82) is 5.41 Å². The first-order valence-corrected chi connectivity index (χ1v) is 6.64. The summed E-state index contributed by atoms with van der Waals surface area (Å²) in [6.07, 6.45) is 4.39. The van der Waals surface area contributed by atoms with E-state index < -0.39 is 0 Å². The zero-order valence-electron chi connectivity index (χ0n) is 11.0.